The predicted octanol–water partition coefficient (Wildman–Crippen LogP) is 2.76. The average Bonchev–Trinajstić information content (AvgIpc) is 3.40. The van der Waals surface area contributed by atoms with Gasteiger partial charge in [0.15, 0.2) is 11.7 Å². The van der Waals surface area contributed by atoms with E-state index in [1.165, 1.54) is 11.3 Å². The fourth-order valence-corrected chi connectivity index (χ4v) is 3.98. The molecule has 1 aromatic carbocycles. The van der Waals surface area contributed by atoms with Crippen LogP contribution in [0.2, 0.25) is 0 Å². The Morgan fingerprint density at radius 3 is 3.00 bits per heavy atom. The van der Waals surface area contributed by atoms with Crippen molar-refractivity contribution >= 4 is 28.3 Å². The summed E-state index contributed by atoms with van der Waals surface area (Å²) in [6, 6.07) is 7.67. The van der Waals surface area contributed by atoms with Crippen LogP contribution in [-0.4, -0.2) is 34.8 Å². The number of benzene rings is 1. The molecular formula is C19H21N3O3S. The average molecular weight is 371 g/mol. The van der Waals surface area contributed by atoms with Crippen LogP contribution in [0.5, 0.6) is 5.75 Å². The van der Waals surface area contributed by atoms with Gasteiger partial charge in [-0.25, -0.2) is 4.98 Å². The van der Waals surface area contributed by atoms with Crippen LogP contribution in [0.25, 0.3) is 0 Å². The van der Waals surface area contributed by atoms with Crippen LogP contribution >= 0.6 is 11.3 Å². The molecule has 0 radical (unpaired) electrons. The maximum atomic E-state index is 12.5. The predicted molar refractivity (Wildman–Crippen MR) is 99.3 cm³/mol. The van der Waals surface area contributed by atoms with E-state index < -0.39 is 0 Å². The van der Waals surface area contributed by atoms with Crippen molar-refractivity contribution in [2.24, 2.45) is 5.92 Å². The summed E-state index contributed by atoms with van der Waals surface area (Å²) in [5.41, 5.74) is 2.09. The highest BCUT2D eigenvalue weighted by Gasteiger charge is 2.31. The molecule has 2 heterocycles. The lowest BCUT2D eigenvalue weighted by Gasteiger charge is -2.26. The van der Waals surface area contributed by atoms with Crippen LogP contribution in [0.3, 0.4) is 0 Å². The Morgan fingerprint density at radius 2 is 2.23 bits per heavy atom. The van der Waals surface area contributed by atoms with Crippen LogP contribution in [0.15, 0.2) is 24.3 Å². The van der Waals surface area contributed by atoms with Gasteiger partial charge in [0.25, 0.3) is 5.91 Å². The summed E-state index contributed by atoms with van der Waals surface area (Å²) in [5, 5.41) is 3.55. The van der Waals surface area contributed by atoms with Gasteiger partial charge in [0.1, 0.15) is 5.75 Å². The lowest BCUT2D eigenvalue weighted by molar-refractivity contribution is -0.134. The van der Waals surface area contributed by atoms with Gasteiger partial charge in [0.05, 0.1) is 12.2 Å². The SMILES string of the molecule is Cc1cccc(OCC(=O)N2CCc3nc(NC(=O)C4CC4)sc3C2)c1. The fourth-order valence-electron chi connectivity index (χ4n) is 2.96. The molecule has 2 aromatic rings. The summed E-state index contributed by atoms with van der Waals surface area (Å²) in [4.78, 5) is 31.7. The summed E-state index contributed by atoms with van der Waals surface area (Å²) in [5.74, 6) is 0.899. The maximum Gasteiger partial charge on any atom is 0.260 e. The molecule has 26 heavy (non-hydrogen) atoms. The van der Waals surface area contributed by atoms with Crippen molar-refractivity contribution in [1.29, 1.82) is 0 Å². The van der Waals surface area contributed by atoms with Crippen molar-refractivity contribution in [2.45, 2.75) is 32.7 Å². The summed E-state index contributed by atoms with van der Waals surface area (Å²) in [6.45, 7) is 3.18. The Hall–Kier alpha value is -2.41. The van der Waals surface area contributed by atoms with Gasteiger partial charge in [-0.1, -0.05) is 23.5 Å². The molecule has 0 bridgehead atoms. The van der Waals surface area contributed by atoms with E-state index in [4.69, 9.17) is 4.74 Å². The highest BCUT2D eigenvalue weighted by molar-refractivity contribution is 7.15. The van der Waals surface area contributed by atoms with E-state index >= 15 is 0 Å². The van der Waals surface area contributed by atoms with E-state index in [2.05, 4.69) is 10.3 Å². The third-order valence-corrected chi connectivity index (χ3v) is 5.61. The largest absolute Gasteiger partial charge is 0.484 e. The number of hydrogen-bond acceptors (Lipinski definition) is 5. The number of rotatable bonds is 5. The van der Waals surface area contributed by atoms with Crippen molar-refractivity contribution in [1.82, 2.24) is 9.88 Å². The number of aromatic nitrogens is 1. The van der Waals surface area contributed by atoms with Crippen LogP contribution in [0.1, 0.15) is 29.0 Å². The zero-order valence-corrected chi connectivity index (χ0v) is 15.5. The second kappa shape index (κ2) is 7.07. The first-order valence-corrected chi connectivity index (χ1v) is 9.67. The molecule has 2 amide bonds. The van der Waals surface area contributed by atoms with Gasteiger partial charge in [-0.3, -0.25) is 9.59 Å². The standard InChI is InChI=1S/C19H21N3O3S/c1-12-3-2-4-14(9-12)25-11-17(23)22-8-7-15-16(10-22)26-19(20-15)21-18(24)13-5-6-13/h2-4,9,13H,5-8,10-11H2,1H3,(H,20,21,24). The second-order valence-electron chi connectivity index (χ2n) is 6.82. The molecule has 6 nitrogen and oxygen atoms in total. The number of carbonyl (C=O) groups excluding carboxylic acids is 2. The molecule has 1 saturated carbocycles. The molecule has 1 aliphatic heterocycles. The van der Waals surface area contributed by atoms with E-state index in [1.807, 2.05) is 31.2 Å². The Morgan fingerprint density at radius 1 is 1.38 bits per heavy atom. The summed E-state index contributed by atoms with van der Waals surface area (Å²) < 4.78 is 5.62. The fraction of sp³-hybridized carbons (Fsp3) is 0.421. The molecule has 0 unspecified atom stereocenters. The Balaban J connectivity index is 1.34. The lowest BCUT2D eigenvalue weighted by Crippen LogP contribution is -2.38. The number of amides is 2. The minimum absolute atomic E-state index is 0.0306. The number of nitrogens with one attached hydrogen (secondary N) is 1. The zero-order valence-electron chi connectivity index (χ0n) is 14.7. The van der Waals surface area contributed by atoms with Gasteiger partial charge in [-0.2, -0.15) is 0 Å². The van der Waals surface area contributed by atoms with E-state index in [1.54, 1.807) is 4.90 Å². The first-order valence-electron chi connectivity index (χ1n) is 8.85. The van der Waals surface area contributed by atoms with Gasteiger partial charge in [-0.15, -0.1) is 0 Å². The molecular weight excluding hydrogens is 350 g/mol. The molecule has 7 heteroatoms. The smallest absolute Gasteiger partial charge is 0.260 e. The van der Waals surface area contributed by atoms with Gasteiger partial charge in [0, 0.05) is 23.8 Å². The van der Waals surface area contributed by atoms with Gasteiger partial charge in [0.2, 0.25) is 5.91 Å². The summed E-state index contributed by atoms with van der Waals surface area (Å²) >= 11 is 1.47. The number of fused-ring (bicyclic) bond motifs is 1. The number of hydrogen-bond donors (Lipinski definition) is 1. The monoisotopic (exact) mass is 371 g/mol. The molecule has 4 rings (SSSR count). The van der Waals surface area contributed by atoms with E-state index in [0.717, 1.165) is 29.0 Å². The van der Waals surface area contributed by atoms with Crippen molar-refractivity contribution in [3.63, 3.8) is 0 Å². The molecule has 1 aliphatic carbocycles. The Kier molecular flexibility index (Phi) is 4.63. The maximum absolute atomic E-state index is 12.5. The Labute approximate surface area is 156 Å². The third-order valence-electron chi connectivity index (χ3n) is 4.61. The number of ether oxygens (including phenoxy) is 1. The zero-order chi connectivity index (χ0) is 18.1. The third kappa shape index (κ3) is 3.88. The summed E-state index contributed by atoms with van der Waals surface area (Å²) in [7, 11) is 0. The van der Waals surface area contributed by atoms with Crippen molar-refractivity contribution < 1.29 is 14.3 Å². The van der Waals surface area contributed by atoms with Crippen LogP contribution in [-0.2, 0) is 22.6 Å². The number of nitrogens with zero attached hydrogens (tertiary/aromatic N) is 2. The van der Waals surface area contributed by atoms with E-state index in [9.17, 15) is 9.59 Å². The van der Waals surface area contributed by atoms with Crippen molar-refractivity contribution in [2.75, 3.05) is 18.5 Å². The van der Waals surface area contributed by atoms with Crippen molar-refractivity contribution in [3.05, 3.63) is 40.4 Å². The highest BCUT2D eigenvalue weighted by atomic mass is 32.1. The molecule has 2 aliphatic rings. The first-order chi connectivity index (χ1) is 12.6. The molecule has 136 valence electrons. The quantitative estimate of drug-likeness (QED) is 0.877. The van der Waals surface area contributed by atoms with Crippen LogP contribution < -0.4 is 10.1 Å². The minimum atomic E-state index is -0.0332. The molecule has 0 saturated heterocycles. The molecule has 0 atom stereocenters. The van der Waals surface area contributed by atoms with Crippen LogP contribution in [0, 0.1) is 12.8 Å². The summed E-state index contributed by atoms with van der Waals surface area (Å²) in [6.07, 6.45) is 2.65. The van der Waals surface area contributed by atoms with Crippen molar-refractivity contribution in [3.8, 4) is 5.75 Å². The minimum Gasteiger partial charge on any atom is -0.484 e. The molecule has 1 fully saturated rings. The number of anilines is 1. The van der Waals surface area contributed by atoms with Crippen LogP contribution in [0.4, 0.5) is 5.13 Å². The molecule has 1 aromatic heterocycles. The van der Waals surface area contributed by atoms with E-state index in [-0.39, 0.29) is 24.3 Å². The van der Waals surface area contributed by atoms with E-state index in [0.29, 0.717) is 30.4 Å². The lowest BCUT2D eigenvalue weighted by atomic mass is 10.2. The number of thiazole rings is 1. The normalized spacial score (nSPS) is 16.1. The Bertz CT molecular complexity index is 844. The molecule has 0 spiro atoms. The first kappa shape index (κ1) is 17.0. The second-order valence-corrected chi connectivity index (χ2v) is 7.91. The number of aryl methyl sites for hydroxylation is 1. The highest BCUT2D eigenvalue weighted by Crippen LogP contribution is 2.33. The van der Waals surface area contributed by atoms with Gasteiger partial charge >= 0.3 is 0 Å². The number of carbonyl (C=O) groups is 2. The topological polar surface area (TPSA) is 71.5 Å². The molecule has 1 N–H and O–H groups in total. The van der Waals surface area contributed by atoms with Gasteiger partial charge < -0.3 is 15.0 Å². The van der Waals surface area contributed by atoms with Gasteiger partial charge in [-0.05, 0) is 37.5 Å².